The van der Waals surface area contributed by atoms with Gasteiger partial charge in [-0.3, -0.25) is 14.5 Å². The number of amides is 1. The number of aryl methyl sites for hydroxylation is 1. The van der Waals surface area contributed by atoms with Crippen LogP contribution in [-0.2, 0) is 9.53 Å². The molecule has 0 aromatic heterocycles. The van der Waals surface area contributed by atoms with Crippen LogP contribution >= 0.6 is 0 Å². The van der Waals surface area contributed by atoms with E-state index in [1.807, 2.05) is 36.1 Å². The molecule has 6 aliphatic rings. The first-order chi connectivity index (χ1) is 23.6. The summed E-state index contributed by atoms with van der Waals surface area (Å²) < 4.78 is 6.34. The Labute approximate surface area is 302 Å². The third kappa shape index (κ3) is 5.30. The lowest BCUT2D eigenvalue weighted by molar-refractivity contribution is -0.207. The van der Waals surface area contributed by atoms with Crippen molar-refractivity contribution in [1.82, 2.24) is 9.80 Å². The van der Waals surface area contributed by atoms with Gasteiger partial charge >= 0.3 is 5.97 Å². The van der Waals surface area contributed by atoms with Crippen molar-refractivity contribution >= 4 is 11.9 Å². The Morgan fingerprint density at radius 3 is 2.32 bits per heavy atom. The van der Waals surface area contributed by atoms with Gasteiger partial charge in [-0.05, 0) is 128 Å². The number of benzene rings is 1. The lowest BCUT2D eigenvalue weighted by atomic mass is 9.33. The van der Waals surface area contributed by atoms with E-state index in [2.05, 4.69) is 59.4 Å². The molecule has 1 N–H and O–H groups in total. The Balaban J connectivity index is 1.06. The maximum atomic E-state index is 14.5. The van der Waals surface area contributed by atoms with Gasteiger partial charge in [-0.1, -0.05) is 78.3 Å². The molecule has 0 spiro atoms. The van der Waals surface area contributed by atoms with Gasteiger partial charge in [-0.2, -0.15) is 0 Å². The minimum atomic E-state index is -0.433. The van der Waals surface area contributed by atoms with Gasteiger partial charge in [-0.15, -0.1) is 0 Å². The molecule has 5 aliphatic carbocycles. The number of hydrogen-bond acceptors (Lipinski definition) is 5. The number of aliphatic hydroxyl groups excluding tert-OH is 1. The topological polar surface area (TPSA) is 70.1 Å². The third-order valence-corrected chi connectivity index (χ3v) is 17.1. The fourth-order valence-electron chi connectivity index (χ4n) is 13.4. The molecule has 1 aromatic carbocycles. The highest BCUT2D eigenvalue weighted by molar-refractivity contribution is 5.95. The van der Waals surface area contributed by atoms with Crippen molar-refractivity contribution in [3.05, 3.63) is 47.0 Å². The van der Waals surface area contributed by atoms with Crippen molar-refractivity contribution in [3.63, 3.8) is 0 Å². The lowest BCUT2D eigenvalue weighted by Crippen LogP contribution is -2.65. The average molecular weight is 687 g/mol. The third-order valence-electron chi connectivity index (χ3n) is 17.1. The van der Waals surface area contributed by atoms with E-state index in [1.165, 1.54) is 12.8 Å². The molecule has 0 unspecified atom stereocenters. The first-order valence-corrected chi connectivity index (χ1v) is 20.2. The van der Waals surface area contributed by atoms with E-state index < -0.39 is 5.41 Å². The summed E-state index contributed by atoms with van der Waals surface area (Å²) in [4.78, 5) is 32.0. The van der Waals surface area contributed by atoms with Crippen molar-refractivity contribution in [2.75, 3.05) is 39.3 Å². The summed E-state index contributed by atoms with van der Waals surface area (Å²) in [5.41, 5.74) is 3.39. The lowest BCUT2D eigenvalue weighted by Gasteiger charge is -2.71. The van der Waals surface area contributed by atoms with Gasteiger partial charge in [0, 0.05) is 38.3 Å². The van der Waals surface area contributed by atoms with Gasteiger partial charge < -0.3 is 14.7 Å². The molecule has 1 heterocycles. The van der Waals surface area contributed by atoms with E-state index in [1.54, 1.807) is 5.57 Å². The second kappa shape index (κ2) is 12.7. The van der Waals surface area contributed by atoms with Crippen molar-refractivity contribution in [3.8, 4) is 0 Å². The zero-order valence-corrected chi connectivity index (χ0v) is 32.5. The van der Waals surface area contributed by atoms with Crippen molar-refractivity contribution in [1.29, 1.82) is 0 Å². The number of rotatable bonds is 5. The van der Waals surface area contributed by atoms with Crippen molar-refractivity contribution < 1.29 is 19.4 Å². The molecule has 0 radical (unpaired) electrons. The minimum Gasteiger partial charge on any atom is -0.464 e. The molecule has 1 aliphatic heterocycles. The van der Waals surface area contributed by atoms with Gasteiger partial charge in [0.1, 0.15) is 6.61 Å². The number of piperazine rings is 1. The summed E-state index contributed by atoms with van der Waals surface area (Å²) in [6, 6.07) is 7.84. The maximum absolute atomic E-state index is 14.5. The van der Waals surface area contributed by atoms with E-state index in [0.717, 1.165) is 75.7 Å². The van der Waals surface area contributed by atoms with Crippen LogP contribution in [0.25, 0.3) is 0 Å². The summed E-state index contributed by atoms with van der Waals surface area (Å²) >= 11 is 0. The fourth-order valence-corrected chi connectivity index (χ4v) is 13.4. The summed E-state index contributed by atoms with van der Waals surface area (Å²) in [5.74, 6) is 2.56. The monoisotopic (exact) mass is 687 g/mol. The molecule has 10 atom stereocenters. The van der Waals surface area contributed by atoms with Crippen LogP contribution in [0, 0.1) is 63.6 Å². The quantitative estimate of drug-likeness (QED) is 0.249. The van der Waals surface area contributed by atoms with Crippen molar-refractivity contribution in [2.24, 2.45) is 56.7 Å². The van der Waals surface area contributed by atoms with E-state index in [4.69, 9.17) is 4.74 Å². The highest BCUT2D eigenvalue weighted by Crippen LogP contribution is 2.75. The number of carbonyl (C=O) groups is 2. The number of nitrogens with zero attached hydrogens (tertiary/aromatic N) is 2. The normalized spacial score (nSPS) is 42.7. The predicted molar refractivity (Wildman–Crippen MR) is 199 cm³/mol. The zero-order valence-electron chi connectivity index (χ0n) is 32.5. The Morgan fingerprint density at radius 2 is 1.60 bits per heavy atom. The maximum Gasteiger partial charge on any atom is 0.312 e. The molecule has 0 bridgehead atoms. The highest BCUT2D eigenvalue weighted by Gasteiger charge is 2.69. The smallest absolute Gasteiger partial charge is 0.312 e. The van der Waals surface area contributed by atoms with Gasteiger partial charge in [0.15, 0.2) is 0 Å². The molecule has 6 heteroatoms. The van der Waals surface area contributed by atoms with Crippen molar-refractivity contribution in [2.45, 2.75) is 119 Å². The Hall–Kier alpha value is -2.18. The van der Waals surface area contributed by atoms with Crippen LogP contribution in [0.5, 0.6) is 0 Å². The van der Waals surface area contributed by atoms with Crippen LogP contribution in [0.1, 0.15) is 122 Å². The molecular formula is C44H66N2O4. The standard InChI is InChI=1S/C44H66N2O4/c1-29-15-20-44(39(49)50-28-27-45-23-25-46(26-24-45)38(48)32-12-10-9-11-30(32)2)22-21-42(7)33(37(44)31(29)3)13-14-35-41(6)18-17-36(47)40(4,5)34(41)16-19-43(35,42)8/h9-13,29,31,34-37,47H,14-28H2,1-8H3/t29-,31+,34+,35-,36+,37+,41+,42-,43-,44+/m1/s1. The Bertz CT molecular complexity index is 1510. The number of esters is 1. The van der Waals surface area contributed by atoms with E-state index in [0.29, 0.717) is 43.4 Å². The number of aliphatic hydroxyl groups is 1. The van der Waals surface area contributed by atoms with Gasteiger partial charge in [-0.25, -0.2) is 0 Å². The predicted octanol–water partition coefficient (Wildman–Crippen LogP) is 8.31. The van der Waals surface area contributed by atoms with Crippen LogP contribution in [0.4, 0.5) is 0 Å². The Morgan fingerprint density at radius 1 is 0.880 bits per heavy atom. The molecule has 6 nitrogen and oxygen atoms in total. The molecule has 1 aromatic rings. The second-order valence-corrected chi connectivity index (χ2v) is 19.3. The fraction of sp³-hybridized carbons (Fsp3) is 0.773. The first-order valence-electron chi connectivity index (χ1n) is 20.2. The first kappa shape index (κ1) is 36.2. The SMILES string of the molecule is Cc1ccccc1C(=O)N1CCN(CCOC(=O)[C@]23CC[C@@H](C)[C@H](C)[C@H]2C2=CC[C@@H]4[C@@]5(C)CC[C@H](O)C(C)(C)[C@@H]5CC[C@@]4(C)[C@]2(C)CC3)CC1. The molecule has 50 heavy (non-hydrogen) atoms. The molecule has 1 amide bonds. The average Bonchev–Trinajstić information content (AvgIpc) is 3.08. The van der Waals surface area contributed by atoms with Crippen LogP contribution < -0.4 is 0 Å². The van der Waals surface area contributed by atoms with Crippen LogP contribution in [0.3, 0.4) is 0 Å². The molecular weight excluding hydrogens is 620 g/mol. The highest BCUT2D eigenvalue weighted by atomic mass is 16.5. The number of hydrogen-bond donors (Lipinski definition) is 1. The number of carbonyl (C=O) groups excluding carboxylic acids is 2. The van der Waals surface area contributed by atoms with Crippen LogP contribution in [-0.4, -0.2) is 72.2 Å². The summed E-state index contributed by atoms with van der Waals surface area (Å²) in [6.45, 7) is 23.4. The second-order valence-electron chi connectivity index (χ2n) is 19.3. The van der Waals surface area contributed by atoms with Crippen LogP contribution in [0.15, 0.2) is 35.9 Å². The summed E-state index contributed by atoms with van der Waals surface area (Å²) in [6.07, 6.45) is 12.0. The molecule has 4 saturated carbocycles. The molecule has 5 fully saturated rings. The van der Waals surface area contributed by atoms with Gasteiger partial charge in [0.05, 0.1) is 11.5 Å². The number of allylic oxidation sites excluding steroid dienone is 2. The molecule has 7 rings (SSSR count). The summed E-state index contributed by atoms with van der Waals surface area (Å²) in [5, 5.41) is 11.1. The van der Waals surface area contributed by atoms with E-state index in [-0.39, 0.29) is 45.6 Å². The van der Waals surface area contributed by atoms with Gasteiger partial charge in [0.25, 0.3) is 5.91 Å². The molecule has 1 saturated heterocycles. The van der Waals surface area contributed by atoms with E-state index >= 15 is 0 Å². The van der Waals surface area contributed by atoms with E-state index in [9.17, 15) is 14.7 Å². The van der Waals surface area contributed by atoms with Crippen LogP contribution in [0.2, 0.25) is 0 Å². The number of ether oxygens (including phenoxy) is 1. The van der Waals surface area contributed by atoms with Gasteiger partial charge in [0.2, 0.25) is 0 Å². The zero-order chi connectivity index (χ0) is 35.9. The molecule has 276 valence electrons. The Kier molecular flexibility index (Phi) is 9.23. The largest absolute Gasteiger partial charge is 0.464 e. The number of fused-ring (bicyclic) bond motifs is 7. The minimum absolute atomic E-state index is 0.0449. The summed E-state index contributed by atoms with van der Waals surface area (Å²) in [7, 11) is 0.